The Bertz CT molecular complexity index is 915. The zero-order chi connectivity index (χ0) is 20.5. The van der Waals surface area contributed by atoms with Crippen LogP contribution in [-0.4, -0.2) is 21.7 Å². The van der Waals surface area contributed by atoms with E-state index in [2.05, 4.69) is 10.3 Å². The van der Waals surface area contributed by atoms with E-state index in [0.717, 1.165) is 16.8 Å². The monoisotopic (exact) mass is 387 g/mol. The Morgan fingerprint density at radius 3 is 2.21 bits per heavy atom. The van der Waals surface area contributed by atoms with Gasteiger partial charge in [-0.25, -0.2) is 0 Å². The lowest BCUT2D eigenvalue weighted by molar-refractivity contribution is -0.141. The van der Waals surface area contributed by atoms with Gasteiger partial charge < -0.3 is 10.2 Å². The average Bonchev–Trinajstić information content (AvgIpc) is 2.79. The number of benzene rings is 2. The van der Waals surface area contributed by atoms with Gasteiger partial charge in [0.1, 0.15) is 6.04 Å². The van der Waals surface area contributed by atoms with Gasteiger partial charge in [-0.3, -0.25) is 14.6 Å². The lowest BCUT2D eigenvalue weighted by Gasteiger charge is -2.31. The molecule has 0 saturated heterocycles. The van der Waals surface area contributed by atoms with E-state index in [1.165, 1.54) is 0 Å². The number of rotatable bonds is 8. The molecular weight excluding hydrogens is 362 g/mol. The van der Waals surface area contributed by atoms with Crippen LogP contribution in [-0.2, 0) is 22.7 Å². The molecule has 1 heterocycles. The smallest absolute Gasteiger partial charge is 0.247 e. The van der Waals surface area contributed by atoms with Crippen LogP contribution in [0, 0.1) is 0 Å². The van der Waals surface area contributed by atoms with Gasteiger partial charge in [0.15, 0.2) is 0 Å². The Morgan fingerprint density at radius 1 is 0.931 bits per heavy atom. The maximum Gasteiger partial charge on any atom is 0.247 e. The SMILES string of the molecule is CCC(=O)N(Cc1ccccc1)C(C(=O)NCc1ccccn1)c1ccccc1. The predicted molar refractivity (Wildman–Crippen MR) is 113 cm³/mol. The summed E-state index contributed by atoms with van der Waals surface area (Å²) in [6.07, 6.45) is 2.02. The zero-order valence-corrected chi connectivity index (χ0v) is 16.5. The van der Waals surface area contributed by atoms with Crippen molar-refractivity contribution in [2.24, 2.45) is 0 Å². The molecule has 0 fully saturated rings. The van der Waals surface area contributed by atoms with Crippen molar-refractivity contribution in [3.05, 3.63) is 102 Å². The highest BCUT2D eigenvalue weighted by Gasteiger charge is 2.30. The van der Waals surface area contributed by atoms with Gasteiger partial charge in [0.05, 0.1) is 12.2 Å². The third-order valence-corrected chi connectivity index (χ3v) is 4.66. The lowest BCUT2D eigenvalue weighted by Crippen LogP contribution is -2.43. The summed E-state index contributed by atoms with van der Waals surface area (Å²) in [5, 5.41) is 2.95. The Morgan fingerprint density at radius 2 is 1.59 bits per heavy atom. The number of hydrogen-bond acceptors (Lipinski definition) is 3. The van der Waals surface area contributed by atoms with E-state index < -0.39 is 6.04 Å². The van der Waals surface area contributed by atoms with Gasteiger partial charge in [0, 0.05) is 19.2 Å². The van der Waals surface area contributed by atoms with Gasteiger partial charge in [0.25, 0.3) is 0 Å². The highest BCUT2D eigenvalue weighted by atomic mass is 16.2. The van der Waals surface area contributed by atoms with E-state index in [0.29, 0.717) is 19.5 Å². The molecule has 1 aromatic heterocycles. The number of nitrogens with one attached hydrogen (secondary N) is 1. The number of hydrogen-bond donors (Lipinski definition) is 1. The fourth-order valence-electron chi connectivity index (χ4n) is 3.19. The molecule has 1 atom stereocenters. The summed E-state index contributed by atoms with van der Waals surface area (Å²) in [4.78, 5) is 32.0. The lowest BCUT2D eigenvalue weighted by atomic mass is 10.0. The standard InChI is InChI=1S/C24H25N3O2/c1-2-22(28)27(18-19-11-5-3-6-12-19)23(20-13-7-4-8-14-20)24(29)26-17-21-15-9-10-16-25-21/h3-16,23H,2,17-18H2,1H3,(H,26,29). The highest BCUT2D eigenvalue weighted by Crippen LogP contribution is 2.24. The van der Waals surface area contributed by atoms with E-state index >= 15 is 0 Å². The van der Waals surface area contributed by atoms with Gasteiger partial charge in [-0.2, -0.15) is 0 Å². The molecule has 2 aromatic carbocycles. The van der Waals surface area contributed by atoms with Crippen LogP contribution in [0.3, 0.4) is 0 Å². The molecule has 1 N–H and O–H groups in total. The largest absolute Gasteiger partial charge is 0.348 e. The first kappa shape index (κ1) is 20.3. The summed E-state index contributed by atoms with van der Waals surface area (Å²) in [7, 11) is 0. The number of aromatic nitrogens is 1. The van der Waals surface area contributed by atoms with Crippen LogP contribution in [0.15, 0.2) is 85.1 Å². The summed E-state index contributed by atoms with van der Waals surface area (Å²) in [5.74, 6) is -0.296. The molecule has 29 heavy (non-hydrogen) atoms. The molecule has 3 aromatic rings. The molecule has 0 saturated carbocycles. The molecular formula is C24H25N3O2. The number of amides is 2. The van der Waals surface area contributed by atoms with Gasteiger partial charge in [0.2, 0.25) is 11.8 Å². The second kappa shape index (κ2) is 10.2. The van der Waals surface area contributed by atoms with E-state index in [-0.39, 0.29) is 11.8 Å². The molecule has 5 heteroatoms. The van der Waals surface area contributed by atoms with Crippen molar-refractivity contribution in [1.29, 1.82) is 0 Å². The molecule has 0 aliphatic rings. The molecule has 0 radical (unpaired) electrons. The molecule has 148 valence electrons. The second-order valence-corrected chi connectivity index (χ2v) is 6.71. The third kappa shape index (κ3) is 5.51. The van der Waals surface area contributed by atoms with Crippen LogP contribution >= 0.6 is 0 Å². The Hall–Kier alpha value is -3.47. The molecule has 5 nitrogen and oxygen atoms in total. The molecule has 1 unspecified atom stereocenters. The average molecular weight is 387 g/mol. The first-order valence-corrected chi connectivity index (χ1v) is 9.75. The highest BCUT2D eigenvalue weighted by molar-refractivity contribution is 5.88. The van der Waals surface area contributed by atoms with Crippen molar-refractivity contribution in [1.82, 2.24) is 15.2 Å². The van der Waals surface area contributed by atoms with Crippen LogP contribution in [0.2, 0.25) is 0 Å². The van der Waals surface area contributed by atoms with Crippen molar-refractivity contribution in [3.8, 4) is 0 Å². The number of carbonyl (C=O) groups is 2. The van der Waals surface area contributed by atoms with E-state index in [1.807, 2.05) is 85.8 Å². The maximum atomic E-state index is 13.2. The van der Waals surface area contributed by atoms with Crippen molar-refractivity contribution in [2.75, 3.05) is 0 Å². The van der Waals surface area contributed by atoms with Gasteiger partial charge in [-0.05, 0) is 23.3 Å². The second-order valence-electron chi connectivity index (χ2n) is 6.71. The Kier molecular flexibility index (Phi) is 7.11. The van der Waals surface area contributed by atoms with E-state index in [4.69, 9.17) is 0 Å². The summed E-state index contributed by atoms with van der Waals surface area (Å²) < 4.78 is 0. The fourth-order valence-corrected chi connectivity index (χ4v) is 3.19. The van der Waals surface area contributed by atoms with Crippen LogP contribution in [0.25, 0.3) is 0 Å². The van der Waals surface area contributed by atoms with Crippen molar-refractivity contribution in [3.63, 3.8) is 0 Å². The summed E-state index contributed by atoms with van der Waals surface area (Å²) in [6.45, 7) is 2.49. The molecule has 0 aliphatic heterocycles. The van der Waals surface area contributed by atoms with E-state index in [1.54, 1.807) is 11.1 Å². The van der Waals surface area contributed by atoms with Gasteiger partial charge >= 0.3 is 0 Å². The summed E-state index contributed by atoms with van der Waals surface area (Å²) in [5.41, 5.74) is 2.53. The maximum absolute atomic E-state index is 13.2. The number of pyridine rings is 1. The Balaban J connectivity index is 1.89. The molecule has 0 bridgehead atoms. The fraction of sp³-hybridized carbons (Fsp3) is 0.208. The van der Waals surface area contributed by atoms with Gasteiger partial charge in [-0.15, -0.1) is 0 Å². The third-order valence-electron chi connectivity index (χ3n) is 4.66. The van der Waals surface area contributed by atoms with Crippen LogP contribution in [0.4, 0.5) is 0 Å². The summed E-state index contributed by atoms with van der Waals surface area (Å²) in [6, 6.07) is 24.0. The Labute approximate surface area is 171 Å². The minimum absolute atomic E-state index is 0.0734. The van der Waals surface area contributed by atoms with Crippen LogP contribution in [0.5, 0.6) is 0 Å². The van der Waals surface area contributed by atoms with Gasteiger partial charge in [-0.1, -0.05) is 73.7 Å². The predicted octanol–water partition coefficient (Wildman–Crippen LogP) is 3.88. The van der Waals surface area contributed by atoms with Crippen molar-refractivity contribution >= 4 is 11.8 Å². The minimum Gasteiger partial charge on any atom is -0.348 e. The quantitative estimate of drug-likeness (QED) is 0.638. The first-order valence-electron chi connectivity index (χ1n) is 9.75. The van der Waals surface area contributed by atoms with Crippen molar-refractivity contribution in [2.45, 2.75) is 32.5 Å². The molecule has 2 amide bonds. The minimum atomic E-state index is -0.715. The molecule has 0 spiro atoms. The number of nitrogens with zero attached hydrogens (tertiary/aromatic N) is 2. The van der Waals surface area contributed by atoms with Crippen molar-refractivity contribution < 1.29 is 9.59 Å². The van der Waals surface area contributed by atoms with E-state index in [9.17, 15) is 9.59 Å². The number of carbonyl (C=O) groups excluding carboxylic acids is 2. The summed E-state index contributed by atoms with van der Waals surface area (Å²) >= 11 is 0. The normalized spacial score (nSPS) is 11.5. The topological polar surface area (TPSA) is 62.3 Å². The molecule has 3 rings (SSSR count). The first-order chi connectivity index (χ1) is 14.2. The van der Waals surface area contributed by atoms with Crippen LogP contribution in [0.1, 0.15) is 36.2 Å². The van der Waals surface area contributed by atoms with Crippen LogP contribution < -0.4 is 5.32 Å². The molecule has 0 aliphatic carbocycles. The zero-order valence-electron chi connectivity index (χ0n) is 16.5.